The van der Waals surface area contributed by atoms with Crippen LogP contribution in [0.2, 0.25) is 0 Å². The van der Waals surface area contributed by atoms with Gasteiger partial charge in [-0.2, -0.15) is 0 Å². The Morgan fingerprint density at radius 3 is 2.79 bits per heavy atom. The first-order valence-electron chi connectivity index (χ1n) is 4.42. The number of benzene rings is 1. The van der Waals surface area contributed by atoms with Crippen LogP contribution >= 0.6 is 0 Å². The van der Waals surface area contributed by atoms with Gasteiger partial charge in [-0.05, 0) is 12.1 Å². The van der Waals surface area contributed by atoms with Crippen LogP contribution in [0.5, 0.6) is 0 Å². The van der Waals surface area contributed by atoms with Gasteiger partial charge >= 0.3 is 0 Å². The van der Waals surface area contributed by atoms with Crippen LogP contribution in [0, 0.1) is 0 Å². The first-order valence-corrected chi connectivity index (χ1v) is 4.42. The number of hydrogen-bond acceptors (Lipinski definition) is 4. The Morgan fingerprint density at radius 2 is 2.00 bits per heavy atom. The maximum atomic E-state index is 4.94. The number of aromatic nitrogens is 2. The summed E-state index contributed by atoms with van der Waals surface area (Å²) in [6, 6.07) is 7.76. The highest BCUT2D eigenvalue weighted by molar-refractivity contribution is 5.73. The van der Waals surface area contributed by atoms with Gasteiger partial charge in [0.1, 0.15) is 0 Å². The van der Waals surface area contributed by atoms with Crippen LogP contribution in [0.25, 0.3) is 11.0 Å². The Balaban J connectivity index is 2.32. The predicted octanol–water partition coefficient (Wildman–Crippen LogP) is 1.06. The molecule has 1 aromatic carbocycles. The third kappa shape index (κ3) is 1.86. The summed E-state index contributed by atoms with van der Waals surface area (Å²) in [7, 11) is 0. The van der Waals surface area contributed by atoms with Crippen molar-refractivity contribution < 1.29 is 4.84 Å². The lowest BCUT2D eigenvalue weighted by Crippen LogP contribution is -2.05. The normalized spacial score (nSPS) is 10.6. The van der Waals surface area contributed by atoms with Gasteiger partial charge < -0.3 is 4.84 Å². The quantitative estimate of drug-likeness (QED) is 0.733. The van der Waals surface area contributed by atoms with Gasteiger partial charge in [-0.1, -0.05) is 12.1 Å². The number of rotatable bonds is 3. The Hall–Kier alpha value is -1.52. The Bertz CT molecular complexity index is 430. The molecule has 0 saturated carbocycles. The summed E-state index contributed by atoms with van der Waals surface area (Å²) in [4.78, 5) is 13.2. The van der Waals surface area contributed by atoms with Crippen molar-refractivity contribution in [3.63, 3.8) is 0 Å². The highest BCUT2D eigenvalue weighted by Crippen LogP contribution is 2.08. The van der Waals surface area contributed by atoms with E-state index in [0.717, 1.165) is 16.7 Å². The minimum atomic E-state index is 0.465. The number of hydrogen-bond donors (Lipinski definition) is 1. The third-order valence-electron chi connectivity index (χ3n) is 1.97. The summed E-state index contributed by atoms with van der Waals surface area (Å²) in [6.45, 7) is 0.465. The fraction of sp³-hybridized carbons (Fsp3) is 0.200. The van der Waals surface area contributed by atoms with Crippen molar-refractivity contribution in [3.05, 3.63) is 36.2 Å². The van der Waals surface area contributed by atoms with Crippen LogP contribution in [-0.4, -0.2) is 16.6 Å². The van der Waals surface area contributed by atoms with Crippen molar-refractivity contribution in [1.29, 1.82) is 0 Å². The average Bonchev–Trinajstić information content (AvgIpc) is 2.26. The second kappa shape index (κ2) is 4.13. The second-order valence-corrected chi connectivity index (χ2v) is 2.97. The lowest BCUT2D eigenvalue weighted by atomic mass is 10.2. The number of para-hydroxylation sites is 2. The molecule has 0 radical (unpaired) electrons. The summed E-state index contributed by atoms with van der Waals surface area (Å²) in [5, 5.41) is 0. The molecule has 0 aliphatic heterocycles. The van der Waals surface area contributed by atoms with E-state index >= 15 is 0 Å². The average molecular weight is 189 g/mol. The standard InChI is InChI=1S/C10H11N3O/c11-14-6-5-8-7-12-9-3-1-2-4-10(9)13-8/h1-4,7H,5-6,11H2. The molecule has 0 amide bonds. The molecule has 0 bridgehead atoms. The van der Waals surface area contributed by atoms with E-state index in [4.69, 9.17) is 5.90 Å². The van der Waals surface area contributed by atoms with E-state index in [-0.39, 0.29) is 0 Å². The highest BCUT2D eigenvalue weighted by Gasteiger charge is 1.98. The molecule has 4 nitrogen and oxygen atoms in total. The molecule has 2 N–H and O–H groups in total. The summed E-state index contributed by atoms with van der Waals surface area (Å²) in [5.41, 5.74) is 2.71. The van der Waals surface area contributed by atoms with E-state index in [1.807, 2.05) is 24.3 Å². The number of nitrogens with zero attached hydrogens (tertiary/aromatic N) is 2. The van der Waals surface area contributed by atoms with Crippen molar-refractivity contribution in [2.45, 2.75) is 6.42 Å². The van der Waals surface area contributed by atoms with E-state index in [1.54, 1.807) is 6.20 Å². The molecule has 14 heavy (non-hydrogen) atoms. The van der Waals surface area contributed by atoms with Gasteiger partial charge in [0.05, 0.1) is 23.3 Å². The Morgan fingerprint density at radius 1 is 1.21 bits per heavy atom. The van der Waals surface area contributed by atoms with Gasteiger partial charge in [-0.15, -0.1) is 0 Å². The van der Waals surface area contributed by atoms with E-state index in [0.29, 0.717) is 13.0 Å². The smallest absolute Gasteiger partial charge is 0.0890 e. The van der Waals surface area contributed by atoms with Gasteiger partial charge in [-0.25, -0.2) is 10.9 Å². The maximum absolute atomic E-state index is 4.94. The molecule has 1 heterocycles. The molecule has 4 heteroatoms. The molecule has 0 atom stereocenters. The number of nitrogens with two attached hydrogens (primary N) is 1. The zero-order chi connectivity index (χ0) is 9.80. The van der Waals surface area contributed by atoms with E-state index in [1.165, 1.54) is 0 Å². The summed E-state index contributed by atoms with van der Waals surface area (Å²) < 4.78 is 0. The van der Waals surface area contributed by atoms with Gasteiger partial charge in [-0.3, -0.25) is 4.98 Å². The van der Waals surface area contributed by atoms with Crippen LogP contribution in [0.4, 0.5) is 0 Å². The molecule has 72 valence electrons. The largest absolute Gasteiger partial charge is 0.304 e. The molecule has 0 spiro atoms. The molecule has 1 aromatic heterocycles. The van der Waals surface area contributed by atoms with Crippen molar-refractivity contribution in [3.8, 4) is 0 Å². The van der Waals surface area contributed by atoms with Crippen LogP contribution in [0.3, 0.4) is 0 Å². The third-order valence-corrected chi connectivity index (χ3v) is 1.97. The SMILES string of the molecule is NOCCc1cnc2ccccc2n1. The topological polar surface area (TPSA) is 61.0 Å². The summed E-state index contributed by atoms with van der Waals surface area (Å²) in [5.74, 6) is 4.94. The molecule has 0 aliphatic carbocycles. The highest BCUT2D eigenvalue weighted by atomic mass is 16.6. The molecular weight excluding hydrogens is 178 g/mol. The minimum absolute atomic E-state index is 0.465. The van der Waals surface area contributed by atoms with E-state index in [2.05, 4.69) is 14.8 Å². The first kappa shape index (κ1) is 9.05. The van der Waals surface area contributed by atoms with E-state index < -0.39 is 0 Å². The molecule has 0 unspecified atom stereocenters. The van der Waals surface area contributed by atoms with Crippen molar-refractivity contribution in [1.82, 2.24) is 9.97 Å². The van der Waals surface area contributed by atoms with Crippen LogP contribution in [-0.2, 0) is 11.3 Å². The fourth-order valence-electron chi connectivity index (χ4n) is 1.28. The molecule has 2 rings (SSSR count). The molecule has 0 aliphatic rings. The molecule has 2 aromatic rings. The van der Waals surface area contributed by atoms with Crippen molar-refractivity contribution >= 4 is 11.0 Å². The Kier molecular flexibility index (Phi) is 2.67. The van der Waals surface area contributed by atoms with Gasteiger partial charge in [0, 0.05) is 12.6 Å². The van der Waals surface area contributed by atoms with Crippen LogP contribution in [0.1, 0.15) is 5.69 Å². The lowest BCUT2D eigenvalue weighted by Gasteiger charge is -2.00. The predicted molar refractivity (Wildman–Crippen MR) is 53.4 cm³/mol. The van der Waals surface area contributed by atoms with Gasteiger partial charge in [0.15, 0.2) is 0 Å². The zero-order valence-corrected chi connectivity index (χ0v) is 7.68. The van der Waals surface area contributed by atoms with Crippen molar-refractivity contribution in [2.75, 3.05) is 6.61 Å². The lowest BCUT2D eigenvalue weighted by molar-refractivity contribution is 0.140. The fourth-order valence-corrected chi connectivity index (χ4v) is 1.28. The summed E-state index contributed by atoms with van der Waals surface area (Å²) in [6.07, 6.45) is 2.44. The van der Waals surface area contributed by atoms with Crippen LogP contribution in [0.15, 0.2) is 30.5 Å². The van der Waals surface area contributed by atoms with Gasteiger partial charge in [0.25, 0.3) is 0 Å². The maximum Gasteiger partial charge on any atom is 0.0890 e. The number of fused-ring (bicyclic) bond motifs is 1. The minimum Gasteiger partial charge on any atom is -0.304 e. The monoisotopic (exact) mass is 189 g/mol. The van der Waals surface area contributed by atoms with Gasteiger partial charge in [0.2, 0.25) is 0 Å². The van der Waals surface area contributed by atoms with E-state index in [9.17, 15) is 0 Å². The first-order chi connectivity index (χ1) is 6.90. The molecule has 0 fully saturated rings. The molecular formula is C10H11N3O. The second-order valence-electron chi connectivity index (χ2n) is 2.97. The Labute approximate surface area is 81.7 Å². The van der Waals surface area contributed by atoms with Crippen molar-refractivity contribution in [2.24, 2.45) is 5.90 Å². The zero-order valence-electron chi connectivity index (χ0n) is 7.68. The summed E-state index contributed by atoms with van der Waals surface area (Å²) >= 11 is 0. The molecule has 0 saturated heterocycles. The van der Waals surface area contributed by atoms with Crippen LogP contribution < -0.4 is 5.90 Å².